The van der Waals surface area contributed by atoms with E-state index < -0.39 is 0 Å². The molecule has 0 N–H and O–H groups in total. The maximum absolute atomic E-state index is 12.7. The van der Waals surface area contributed by atoms with Crippen LogP contribution in [0.2, 0.25) is 0 Å². The predicted octanol–water partition coefficient (Wildman–Crippen LogP) is 0.953. The molecule has 0 aliphatic carbocycles. The van der Waals surface area contributed by atoms with Gasteiger partial charge in [0.15, 0.2) is 11.5 Å². The zero-order chi connectivity index (χ0) is 16.2. The molecule has 0 saturated carbocycles. The van der Waals surface area contributed by atoms with E-state index in [4.69, 9.17) is 9.47 Å². The lowest BCUT2D eigenvalue weighted by Gasteiger charge is -2.23. The van der Waals surface area contributed by atoms with Crippen LogP contribution in [0.15, 0.2) is 12.1 Å². The second-order valence-electron chi connectivity index (χ2n) is 6.13. The lowest BCUT2D eigenvalue weighted by molar-refractivity contribution is 0.0605. The Morgan fingerprint density at radius 3 is 2.65 bits per heavy atom. The second kappa shape index (κ2) is 7.23. The highest BCUT2D eigenvalue weighted by Crippen LogP contribution is 2.23. The first-order valence-corrected chi connectivity index (χ1v) is 8.14. The van der Waals surface area contributed by atoms with E-state index in [1.54, 1.807) is 25.2 Å². The van der Waals surface area contributed by atoms with Crippen molar-refractivity contribution < 1.29 is 14.3 Å². The molecule has 0 spiro atoms. The van der Waals surface area contributed by atoms with E-state index in [0.717, 1.165) is 25.3 Å². The average Bonchev–Trinajstić information content (AvgIpc) is 3.24. The Kier molecular flexibility index (Phi) is 5.07. The van der Waals surface area contributed by atoms with Gasteiger partial charge in [0.1, 0.15) is 0 Å². The summed E-state index contributed by atoms with van der Waals surface area (Å²) in [7, 11) is 3.32. The molecule has 0 radical (unpaired) electrons. The van der Waals surface area contributed by atoms with E-state index in [2.05, 4.69) is 15.1 Å². The Bertz CT molecular complexity index is 531. The molecule has 2 aliphatic rings. The number of likely N-dealkylation sites (tertiary alicyclic amines) is 1. The molecule has 7 heteroatoms. The van der Waals surface area contributed by atoms with Crippen molar-refractivity contribution in [3.05, 3.63) is 17.8 Å². The molecule has 0 unspecified atom stereocenters. The van der Waals surface area contributed by atoms with Gasteiger partial charge in [0, 0.05) is 33.9 Å². The molecule has 1 amide bonds. The summed E-state index contributed by atoms with van der Waals surface area (Å²) in [4.78, 5) is 16.7. The normalized spacial score (nSPS) is 24.4. The number of hydrogen-bond acceptors (Lipinski definition) is 6. The van der Waals surface area contributed by atoms with E-state index in [-0.39, 0.29) is 18.1 Å². The van der Waals surface area contributed by atoms with Crippen LogP contribution in [0, 0.1) is 0 Å². The topological polar surface area (TPSA) is 67.8 Å². The summed E-state index contributed by atoms with van der Waals surface area (Å²) < 4.78 is 10.6. The minimum atomic E-state index is -0.105. The van der Waals surface area contributed by atoms with Crippen molar-refractivity contribution >= 4 is 11.7 Å². The third kappa shape index (κ3) is 3.45. The average molecular weight is 320 g/mol. The van der Waals surface area contributed by atoms with Crippen LogP contribution in [0.4, 0.5) is 5.82 Å². The quantitative estimate of drug-likeness (QED) is 0.805. The van der Waals surface area contributed by atoms with E-state index >= 15 is 0 Å². The molecule has 0 bridgehead atoms. The number of ether oxygens (including phenoxy) is 2. The van der Waals surface area contributed by atoms with Crippen LogP contribution in [-0.4, -0.2) is 73.6 Å². The van der Waals surface area contributed by atoms with Crippen LogP contribution in [0.25, 0.3) is 0 Å². The largest absolute Gasteiger partial charge is 0.383 e. The predicted molar refractivity (Wildman–Crippen MR) is 85.6 cm³/mol. The Balaban J connectivity index is 1.71. The number of anilines is 1. The Hall–Kier alpha value is -1.73. The number of rotatable bonds is 5. The van der Waals surface area contributed by atoms with Crippen LogP contribution in [-0.2, 0) is 9.47 Å². The lowest BCUT2D eigenvalue weighted by Crippen LogP contribution is -2.39. The lowest BCUT2D eigenvalue weighted by atomic mass is 10.2. The second-order valence-corrected chi connectivity index (χ2v) is 6.13. The summed E-state index contributed by atoms with van der Waals surface area (Å²) in [5, 5.41) is 8.38. The minimum absolute atomic E-state index is 0.0255. The third-order valence-corrected chi connectivity index (χ3v) is 4.63. The van der Waals surface area contributed by atoms with Gasteiger partial charge in [-0.25, -0.2) is 0 Å². The molecule has 3 heterocycles. The van der Waals surface area contributed by atoms with E-state index in [1.807, 2.05) is 6.07 Å². The molecule has 2 fully saturated rings. The molecule has 3 rings (SSSR count). The van der Waals surface area contributed by atoms with Gasteiger partial charge < -0.3 is 19.3 Å². The van der Waals surface area contributed by atoms with Crippen LogP contribution >= 0.6 is 0 Å². The van der Waals surface area contributed by atoms with Crippen molar-refractivity contribution in [3.8, 4) is 0 Å². The summed E-state index contributed by atoms with van der Waals surface area (Å²) in [6.45, 7) is 3.10. The monoisotopic (exact) mass is 320 g/mol. The highest BCUT2D eigenvalue weighted by atomic mass is 16.5. The summed E-state index contributed by atoms with van der Waals surface area (Å²) in [5.74, 6) is 0.746. The molecule has 1 aromatic heterocycles. The molecule has 2 atom stereocenters. The van der Waals surface area contributed by atoms with E-state index in [0.29, 0.717) is 18.8 Å². The molecular formula is C16H24N4O3. The number of hydrogen-bond donors (Lipinski definition) is 0. The van der Waals surface area contributed by atoms with Crippen molar-refractivity contribution in [1.29, 1.82) is 0 Å². The maximum atomic E-state index is 12.7. The van der Waals surface area contributed by atoms with Crippen LogP contribution < -0.4 is 4.90 Å². The first-order chi connectivity index (χ1) is 11.2. The summed E-state index contributed by atoms with van der Waals surface area (Å²) in [6, 6.07) is 3.69. The van der Waals surface area contributed by atoms with Gasteiger partial charge in [-0.05, 0) is 31.4 Å². The SMILES string of the molecule is COC[C@@H]1C[C@@H](OC)CN1C(=O)c1ccc(N2CCCC2)nn1. The molecule has 2 aliphatic heterocycles. The molecule has 1 aromatic rings. The zero-order valence-corrected chi connectivity index (χ0v) is 13.8. The first-order valence-electron chi connectivity index (χ1n) is 8.14. The van der Waals surface area contributed by atoms with E-state index in [9.17, 15) is 4.79 Å². The first kappa shape index (κ1) is 16.1. The van der Waals surface area contributed by atoms with Gasteiger partial charge in [-0.1, -0.05) is 0 Å². The van der Waals surface area contributed by atoms with Crippen LogP contribution in [0.3, 0.4) is 0 Å². The number of aromatic nitrogens is 2. The molecular weight excluding hydrogens is 296 g/mol. The molecule has 7 nitrogen and oxygen atoms in total. The van der Waals surface area contributed by atoms with Gasteiger partial charge in [-0.2, -0.15) is 0 Å². The van der Waals surface area contributed by atoms with Gasteiger partial charge in [0.25, 0.3) is 5.91 Å². The number of amides is 1. The highest BCUT2D eigenvalue weighted by Gasteiger charge is 2.36. The standard InChI is InChI=1S/C16H24N4O3/c1-22-11-12-9-13(23-2)10-20(12)16(21)14-5-6-15(18-17-14)19-7-3-4-8-19/h5-6,12-13H,3-4,7-11H2,1-2H3/t12-,13+/m0/s1. The Morgan fingerprint density at radius 1 is 1.26 bits per heavy atom. The van der Waals surface area contributed by atoms with Gasteiger partial charge >= 0.3 is 0 Å². The zero-order valence-electron chi connectivity index (χ0n) is 13.8. The van der Waals surface area contributed by atoms with E-state index in [1.165, 1.54) is 12.8 Å². The van der Waals surface area contributed by atoms with Crippen LogP contribution in [0.1, 0.15) is 29.8 Å². The number of nitrogens with zero attached hydrogens (tertiary/aromatic N) is 4. The van der Waals surface area contributed by atoms with Crippen molar-refractivity contribution in [3.63, 3.8) is 0 Å². The molecule has 2 saturated heterocycles. The fourth-order valence-electron chi connectivity index (χ4n) is 3.34. The van der Waals surface area contributed by atoms with Crippen molar-refractivity contribution in [2.45, 2.75) is 31.4 Å². The van der Waals surface area contributed by atoms with Crippen LogP contribution in [0.5, 0.6) is 0 Å². The number of carbonyl (C=O) groups is 1. The van der Waals surface area contributed by atoms with Gasteiger partial charge in [0.05, 0.1) is 18.8 Å². The Labute approximate surface area is 136 Å². The maximum Gasteiger partial charge on any atom is 0.274 e. The number of methoxy groups -OCH3 is 2. The highest BCUT2D eigenvalue weighted by molar-refractivity contribution is 5.92. The molecule has 126 valence electrons. The number of carbonyl (C=O) groups excluding carboxylic acids is 1. The van der Waals surface area contributed by atoms with Crippen molar-refractivity contribution in [1.82, 2.24) is 15.1 Å². The van der Waals surface area contributed by atoms with Gasteiger partial charge in [-0.3, -0.25) is 4.79 Å². The van der Waals surface area contributed by atoms with Crippen molar-refractivity contribution in [2.24, 2.45) is 0 Å². The third-order valence-electron chi connectivity index (χ3n) is 4.63. The fraction of sp³-hybridized carbons (Fsp3) is 0.688. The fourth-order valence-corrected chi connectivity index (χ4v) is 3.34. The minimum Gasteiger partial charge on any atom is -0.383 e. The smallest absolute Gasteiger partial charge is 0.274 e. The van der Waals surface area contributed by atoms with Gasteiger partial charge in [-0.15, -0.1) is 10.2 Å². The summed E-state index contributed by atoms with van der Waals surface area (Å²) in [5.41, 5.74) is 0.380. The molecule has 23 heavy (non-hydrogen) atoms. The Morgan fingerprint density at radius 2 is 2.04 bits per heavy atom. The summed E-state index contributed by atoms with van der Waals surface area (Å²) >= 11 is 0. The van der Waals surface area contributed by atoms with Gasteiger partial charge in [0.2, 0.25) is 0 Å². The molecule has 0 aromatic carbocycles. The van der Waals surface area contributed by atoms with Crippen molar-refractivity contribution in [2.75, 3.05) is 45.4 Å². The summed E-state index contributed by atoms with van der Waals surface area (Å²) in [6.07, 6.45) is 3.21.